The number of aromatic hydroxyl groups is 1. The lowest BCUT2D eigenvalue weighted by molar-refractivity contribution is 0.250. The molecule has 0 spiro atoms. The Morgan fingerprint density at radius 2 is 1.92 bits per heavy atom. The summed E-state index contributed by atoms with van der Waals surface area (Å²) in [7, 11) is -3.25. The number of nitrogens with zero attached hydrogens (tertiary/aromatic N) is 1. The number of hydrogen-bond donors (Lipinski definition) is 2. The minimum absolute atomic E-state index is 0.0524. The Labute approximate surface area is 157 Å². The summed E-state index contributed by atoms with van der Waals surface area (Å²) in [6.45, 7) is 0.230. The third kappa shape index (κ3) is 3.64. The fourth-order valence-electron chi connectivity index (χ4n) is 3.25. The minimum atomic E-state index is -3.25. The molecule has 0 aromatic heterocycles. The quantitative estimate of drug-likeness (QED) is 0.816. The van der Waals surface area contributed by atoms with E-state index in [1.54, 1.807) is 47.4 Å². The van der Waals surface area contributed by atoms with Crippen LogP contribution in [0.1, 0.15) is 12.0 Å². The van der Waals surface area contributed by atoms with Crippen LogP contribution in [0.25, 0.3) is 0 Å². The highest BCUT2D eigenvalue weighted by atomic mass is 35.5. The molecule has 0 radical (unpaired) electrons. The molecule has 2 amide bonds. The van der Waals surface area contributed by atoms with Gasteiger partial charge in [0.05, 0.1) is 11.3 Å². The second-order valence-electron chi connectivity index (χ2n) is 6.43. The van der Waals surface area contributed by atoms with Crippen molar-refractivity contribution >= 4 is 33.2 Å². The van der Waals surface area contributed by atoms with E-state index in [-0.39, 0.29) is 30.5 Å². The van der Waals surface area contributed by atoms with Gasteiger partial charge in [0.2, 0.25) is 0 Å². The molecule has 2 aromatic rings. The van der Waals surface area contributed by atoms with Gasteiger partial charge in [0.1, 0.15) is 15.6 Å². The summed E-state index contributed by atoms with van der Waals surface area (Å²) in [4.78, 5) is 14.2. The zero-order valence-corrected chi connectivity index (χ0v) is 15.7. The molecular formula is C18H19ClN2O4S. The van der Waals surface area contributed by atoms with Gasteiger partial charge in [-0.15, -0.1) is 0 Å². The van der Waals surface area contributed by atoms with Crippen LogP contribution >= 0.6 is 11.6 Å². The molecule has 1 atom stereocenters. The Hall–Kier alpha value is -2.25. The van der Waals surface area contributed by atoms with Crippen LogP contribution in [0.2, 0.25) is 5.02 Å². The molecule has 1 heterocycles. The van der Waals surface area contributed by atoms with Crippen LogP contribution in [0, 0.1) is 0 Å². The Kier molecular flexibility index (Phi) is 4.86. The number of nitrogens with one attached hydrogen (secondary N) is 1. The molecule has 3 rings (SSSR count). The van der Waals surface area contributed by atoms with Gasteiger partial charge >= 0.3 is 6.03 Å². The summed E-state index contributed by atoms with van der Waals surface area (Å²) >= 11 is 5.95. The lowest BCUT2D eigenvalue weighted by Gasteiger charge is -2.37. The van der Waals surface area contributed by atoms with Gasteiger partial charge in [-0.3, -0.25) is 4.90 Å². The first-order valence-corrected chi connectivity index (χ1v) is 10.5. The molecule has 138 valence electrons. The van der Waals surface area contributed by atoms with Crippen LogP contribution in [-0.4, -0.2) is 38.1 Å². The van der Waals surface area contributed by atoms with Gasteiger partial charge in [-0.25, -0.2) is 13.2 Å². The minimum Gasteiger partial charge on any atom is -0.508 e. The summed E-state index contributed by atoms with van der Waals surface area (Å²) in [5.74, 6) is -0.0431. The number of sulfone groups is 1. The largest absolute Gasteiger partial charge is 0.508 e. The van der Waals surface area contributed by atoms with Gasteiger partial charge in [0.25, 0.3) is 0 Å². The van der Waals surface area contributed by atoms with E-state index in [0.717, 1.165) is 0 Å². The van der Waals surface area contributed by atoms with Crippen LogP contribution in [0.3, 0.4) is 0 Å². The van der Waals surface area contributed by atoms with Crippen molar-refractivity contribution in [2.24, 2.45) is 0 Å². The summed E-state index contributed by atoms with van der Waals surface area (Å²) in [6, 6.07) is 13.0. The SMILES string of the molecule is CS(=O)(=O)CCC1(c2cccc(O)c2)CNC(=O)N1c1ccc(Cl)cc1. The van der Waals surface area contributed by atoms with E-state index in [2.05, 4.69) is 5.32 Å². The highest BCUT2D eigenvalue weighted by molar-refractivity contribution is 7.90. The molecule has 0 saturated carbocycles. The molecule has 2 N–H and O–H groups in total. The molecule has 26 heavy (non-hydrogen) atoms. The molecule has 1 unspecified atom stereocenters. The maximum Gasteiger partial charge on any atom is 0.322 e. The van der Waals surface area contributed by atoms with E-state index < -0.39 is 15.4 Å². The van der Waals surface area contributed by atoms with Crippen LogP contribution < -0.4 is 10.2 Å². The first-order chi connectivity index (χ1) is 12.2. The second-order valence-corrected chi connectivity index (χ2v) is 9.13. The third-order valence-electron chi connectivity index (χ3n) is 4.52. The topological polar surface area (TPSA) is 86.7 Å². The highest BCUT2D eigenvalue weighted by Gasteiger charge is 2.48. The predicted molar refractivity (Wildman–Crippen MR) is 101 cm³/mol. The number of carbonyl (C=O) groups is 1. The molecule has 0 aliphatic carbocycles. The normalized spacial score (nSPS) is 20.2. The van der Waals surface area contributed by atoms with E-state index in [4.69, 9.17) is 11.6 Å². The standard InChI is InChI=1S/C18H19ClN2O4S/c1-26(24,25)10-9-18(13-3-2-4-16(22)11-13)12-20-17(23)21(18)15-7-5-14(19)6-8-15/h2-8,11,22H,9-10,12H2,1H3,(H,20,23). The van der Waals surface area contributed by atoms with Gasteiger partial charge in [-0.05, 0) is 48.4 Å². The van der Waals surface area contributed by atoms with E-state index in [1.165, 1.54) is 12.3 Å². The number of hydrogen-bond acceptors (Lipinski definition) is 4. The molecule has 1 saturated heterocycles. The number of halogens is 1. The number of urea groups is 1. The van der Waals surface area contributed by atoms with Crippen molar-refractivity contribution in [2.45, 2.75) is 12.0 Å². The average Bonchev–Trinajstić information content (AvgIpc) is 2.91. The molecule has 2 aromatic carbocycles. The van der Waals surface area contributed by atoms with Gasteiger partial charge in [0, 0.05) is 23.5 Å². The number of benzene rings is 2. The van der Waals surface area contributed by atoms with E-state index in [9.17, 15) is 18.3 Å². The zero-order chi connectivity index (χ0) is 18.9. The van der Waals surface area contributed by atoms with Crippen molar-refractivity contribution in [2.75, 3.05) is 23.5 Å². The predicted octanol–water partition coefficient (Wildman–Crippen LogP) is 2.91. The molecule has 1 aliphatic heterocycles. The first kappa shape index (κ1) is 18.5. The number of phenols is 1. The van der Waals surface area contributed by atoms with Gasteiger partial charge in [-0.1, -0.05) is 23.7 Å². The van der Waals surface area contributed by atoms with Gasteiger partial charge < -0.3 is 10.4 Å². The van der Waals surface area contributed by atoms with E-state index >= 15 is 0 Å². The summed E-state index contributed by atoms with van der Waals surface area (Å²) in [5.41, 5.74) is 0.322. The Morgan fingerprint density at radius 3 is 2.54 bits per heavy atom. The Morgan fingerprint density at radius 1 is 1.23 bits per heavy atom. The molecule has 0 bridgehead atoms. The number of phenolic OH excluding ortho intramolecular Hbond substituents is 1. The van der Waals surface area contributed by atoms with Crippen LogP contribution in [-0.2, 0) is 15.4 Å². The van der Waals surface area contributed by atoms with Crippen molar-refractivity contribution in [1.29, 1.82) is 0 Å². The maximum atomic E-state index is 12.6. The average molecular weight is 395 g/mol. The molecule has 1 aliphatic rings. The summed E-state index contributed by atoms with van der Waals surface area (Å²) in [5, 5.41) is 13.3. The van der Waals surface area contributed by atoms with Crippen LogP contribution in [0.15, 0.2) is 48.5 Å². The molecular weight excluding hydrogens is 376 g/mol. The van der Waals surface area contributed by atoms with Gasteiger partial charge in [0.15, 0.2) is 0 Å². The monoisotopic (exact) mass is 394 g/mol. The fraction of sp³-hybridized carbons (Fsp3) is 0.278. The van der Waals surface area contributed by atoms with Crippen molar-refractivity contribution in [3.63, 3.8) is 0 Å². The fourth-order valence-corrected chi connectivity index (χ4v) is 4.09. The van der Waals surface area contributed by atoms with Crippen molar-refractivity contribution < 1.29 is 18.3 Å². The number of rotatable bonds is 5. The van der Waals surface area contributed by atoms with Crippen molar-refractivity contribution in [1.82, 2.24) is 5.32 Å². The van der Waals surface area contributed by atoms with E-state index in [1.807, 2.05) is 0 Å². The zero-order valence-electron chi connectivity index (χ0n) is 14.1. The third-order valence-corrected chi connectivity index (χ3v) is 5.72. The van der Waals surface area contributed by atoms with Crippen molar-refractivity contribution in [3.05, 3.63) is 59.1 Å². The van der Waals surface area contributed by atoms with Crippen LogP contribution in [0.4, 0.5) is 10.5 Å². The number of anilines is 1. The summed E-state index contributed by atoms with van der Waals surface area (Å²) in [6.07, 6.45) is 1.36. The van der Waals surface area contributed by atoms with Crippen LogP contribution in [0.5, 0.6) is 5.75 Å². The lowest BCUT2D eigenvalue weighted by Crippen LogP contribution is -2.46. The second kappa shape index (κ2) is 6.81. The first-order valence-electron chi connectivity index (χ1n) is 8.02. The molecule has 1 fully saturated rings. The Bertz CT molecular complexity index is 930. The number of amides is 2. The van der Waals surface area contributed by atoms with E-state index in [0.29, 0.717) is 16.3 Å². The molecule has 8 heteroatoms. The lowest BCUT2D eigenvalue weighted by atomic mass is 9.86. The van der Waals surface area contributed by atoms with Gasteiger partial charge in [-0.2, -0.15) is 0 Å². The Balaban J connectivity index is 2.14. The number of carbonyl (C=O) groups excluding carboxylic acids is 1. The van der Waals surface area contributed by atoms with Crippen molar-refractivity contribution in [3.8, 4) is 5.75 Å². The summed E-state index contributed by atoms with van der Waals surface area (Å²) < 4.78 is 23.6. The highest BCUT2D eigenvalue weighted by Crippen LogP contribution is 2.40. The smallest absolute Gasteiger partial charge is 0.322 e. The molecule has 6 nitrogen and oxygen atoms in total. The maximum absolute atomic E-state index is 12.6.